The Labute approximate surface area is 94.9 Å². The van der Waals surface area contributed by atoms with Gasteiger partial charge in [0, 0.05) is 19.4 Å². The highest BCUT2D eigenvalue weighted by atomic mass is 16.5. The van der Waals surface area contributed by atoms with Gasteiger partial charge in [-0.2, -0.15) is 0 Å². The van der Waals surface area contributed by atoms with Crippen molar-refractivity contribution in [3.05, 3.63) is 47.2 Å². The first-order valence-corrected chi connectivity index (χ1v) is 5.44. The summed E-state index contributed by atoms with van der Waals surface area (Å²) in [7, 11) is 0. The van der Waals surface area contributed by atoms with Crippen LogP contribution in [0.4, 0.5) is 0 Å². The number of ether oxygens (including phenoxy) is 1. The molecule has 1 aromatic rings. The van der Waals surface area contributed by atoms with E-state index >= 15 is 0 Å². The highest BCUT2D eigenvalue weighted by molar-refractivity contribution is 5.95. The molecule has 0 fully saturated rings. The molecule has 0 spiro atoms. The first-order chi connectivity index (χ1) is 7.81. The van der Waals surface area contributed by atoms with Gasteiger partial charge in [0.15, 0.2) is 5.76 Å². The molecular formula is C13H15NO2. The lowest BCUT2D eigenvalue weighted by molar-refractivity contribution is -0.117. The molecule has 0 saturated carbocycles. The molecule has 1 aromatic carbocycles. The third-order valence-corrected chi connectivity index (χ3v) is 2.67. The number of nitrogens with two attached hydrogens (primary N) is 1. The van der Waals surface area contributed by atoms with Gasteiger partial charge in [0.1, 0.15) is 0 Å². The molecule has 0 saturated heterocycles. The van der Waals surface area contributed by atoms with Gasteiger partial charge < -0.3 is 10.5 Å². The minimum atomic E-state index is 0.0402. The van der Waals surface area contributed by atoms with E-state index in [0.29, 0.717) is 25.3 Å². The number of hydrogen-bond acceptors (Lipinski definition) is 3. The van der Waals surface area contributed by atoms with E-state index in [1.807, 2.05) is 30.3 Å². The quantitative estimate of drug-likeness (QED) is 0.832. The van der Waals surface area contributed by atoms with E-state index in [1.165, 1.54) is 0 Å². The molecule has 3 heteroatoms. The molecule has 0 atom stereocenters. The molecule has 3 nitrogen and oxygen atoms in total. The topological polar surface area (TPSA) is 52.3 Å². The van der Waals surface area contributed by atoms with Gasteiger partial charge in [-0.3, -0.25) is 4.79 Å². The number of Topliss-reactive ketones (excluding diaryl/α,β-unsaturated/α-hetero) is 1. The van der Waals surface area contributed by atoms with E-state index in [4.69, 9.17) is 10.5 Å². The molecule has 1 aliphatic rings. The summed E-state index contributed by atoms with van der Waals surface area (Å²) >= 11 is 0. The monoisotopic (exact) mass is 217 g/mol. The third kappa shape index (κ3) is 2.31. The van der Waals surface area contributed by atoms with Gasteiger partial charge in [0.2, 0.25) is 5.78 Å². The zero-order valence-electron chi connectivity index (χ0n) is 9.11. The van der Waals surface area contributed by atoms with Gasteiger partial charge in [-0.15, -0.1) is 0 Å². The second kappa shape index (κ2) is 4.94. The second-order valence-corrected chi connectivity index (χ2v) is 3.78. The molecule has 2 rings (SSSR count). The smallest absolute Gasteiger partial charge is 0.201 e. The summed E-state index contributed by atoms with van der Waals surface area (Å²) < 4.78 is 5.24. The van der Waals surface area contributed by atoms with E-state index in [-0.39, 0.29) is 5.78 Å². The van der Waals surface area contributed by atoms with Crippen molar-refractivity contribution < 1.29 is 9.53 Å². The fourth-order valence-electron chi connectivity index (χ4n) is 1.80. The summed E-state index contributed by atoms with van der Waals surface area (Å²) in [6, 6.07) is 7.75. The normalized spacial score (nSPS) is 14.4. The molecular weight excluding hydrogens is 202 g/mol. The van der Waals surface area contributed by atoms with Crippen LogP contribution in [0.15, 0.2) is 36.1 Å². The van der Waals surface area contributed by atoms with Crippen LogP contribution in [-0.2, 0) is 22.5 Å². The zero-order valence-corrected chi connectivity index (χ0v) is 9.11. The minimum absolute atomic E-state index is 0.0402. The van der Waals surface area contributed by atoms with Crippen LogP contribution < -0.4 is 5.73 Å². The van der Waals surface area contributed by atoms with E-state index < -0.39 is 0 Å². The van der Waals surface area contributed by atoms with Gasteiger partial charge in [0.05, 0.1) is 6.61 Å². The Kier molecular flexibility index (Phi) is 3.37. The Hall–Kier alpha value is -1.61. The summed E-state index contributed by atoms with van der Waals surface area (Å²) in [5.74, 6) is 0.547. The number of allylic oxidation sites excluding steroid dienone is 1. The molecule has 2 N–H and O–H groups in total. The largest absolute Gasteiger partial charge is 0.490 e. The average molecular weight is 217 g/mol. The Morgan fingerprint density at radius 2 is 2.06 bits per heavy atom. The Balaban J connectivity index is 2.11. The third-order valence-electron chi connectivity index (χ3n) is 2.67. The molecule has 0 radical (unpaired) electrons. The lowest BCUT2D eigenvalue weighted by Crippen LogP contribution is -2.10. The first kappa shape index (κ1) is 10.9. The summed E-state index contributed by atoms with van der Waals surface area (Å²) in [6.45, 7) is 1.09. The van der Waals surface area contributed by atoms with Gasteiger partial charge in [-0.05, 0) is 17.2 Å². The molecule has 84 valence electrons. The average Bonchev–Trinajstić information content (AvgIpc) is 2.83. The molecule has 16 heavy (non-hydrogen) atoms. The van der Waals surface area contributed by atoms with Crippen molar-refractivity contribution in [2.75, 3.05) is 6.61 Å². The second-order valence-electron chi connectivity index (χ2n) is 3.78. The maximum absolute atomic E-state index is 11.8. The Morgan fingerprint density at radius 3 is 2.69 bits per heavy atom. The van der Waals surface area contributed by atoms with Gasteiger partial charge >= 0.3 is 0 Å². The van der Waals surface area contributed by atoms with Crippen LogP contribution in [0.25, 0.3) is 0 Å². The number of carbonyl (C=O) groups excluding carboxylic acids is 1. The highest BCUT2D eigenvalue weighted by Gasteiger charge is 2.16. The number of benzene rings is 1. The van der Waals surface area contributed by atoms with Crippen LogP contribution in [0.3, 0.4) is 0 Å². The number of ketones is 1. The first-order valence-electron chi connectivity index (χ1n) is 5.44. The Morgan fingerprint density at radius 1 is 1.31 bits per heavy atom. The lowest BCUT2D eigenvalue weighted by atomic mass is 10.0. The van der Waals surface area contributed by atoms with Crippen LogP contribution >= 0.6 is 0 Å². The van der Waals surface area contributed by atoms with E-state index in [0.717, 1.165) is 17.5 Å². The number of rotatable bonds is 4. The van der Waals surface area contributed by atoms with E-state index in [9.17, 15) is 4.79 Å². The van der Waals surface area contributed by atoms with Crippen molar-refractivity contribution in [1.29, 1.82) is 0 Å². The Bertz CT molecular complexity index is 424. The molecule has 0 aliphatic carbocycles. The summed E-state index contributed by atoms with van der Waals surface area (Å²) in [4.78, 5) is 11.8. The number of carbonyl (C=O) groups is 1. The molecule has 1 heterocycles. The van der Waals surface area contributed by atoms with Crippen molar-refractivity contribution in [3.63, 3.8) is 0 Å². The van der Waals surface area contributed by atoms with E-state index in [1.54, 1.807) is 0 Å². The number of hydrogen-bond donors (Lipinski definition) is 1. The lowest BCUT2D eigenvalue weighted by Gasteiger charge is -2.07. The molecule has 0 aromatic heterocycles. The van der Waals surface area contributed by atoms with Crippen LogP contribution in [0.1, 0.15) is 17.5 Å². The standard InChI is InChI=1S/C13H15NO2/c14-9-11-5-2-1-4-10(11)8-12(15)13-6-3-7-16-13/h1-2,4-6H,3,7-9,14H2. The van der Waals surface area contributed by atoms with Gasteiger partial charge in [-0.1, -0.05) is 24.3 Å². The van der Waals surface area contributed by atoms with Crippen LogP contribution in [0, 0.1) is 0 Å². The van der Waals surface area contributed by atoms with Crippen molar-refractivity contribution in [1.82, 2.24) is 0 Å². The molecule has 0 amide bonds. The van der Waals surface area contributed by atoms with Crippen LogP contribution in [-0.4, -0.2) is 12.4 Å². The predicted molar refractivity (Wildman–Crippen MR) is 61.7 cm³/mol. The van der Waals surface area contributed by atoms with Gasteiger partial charge in [-0.25, -0.2) is 0 Å². The molecule has 1 aliphatic heterocycles. The fourth-order valence-corrected chi connectivity index (χ4v) is 1.80. The van der Waals surface area contributed by atoms with Crippen LogP contribution in [0.2, 0.25) is 0 Å². The fraction of sp³-hybridized carbons (Fsp3) is 0.308. The minimum Gasteiger partial charge on any atom is -0.490 e. The molecule has 0 bridgehead atoms. The van der Waals surface area contributed by atoms with Gasteiger partial charge in [0.25, 0.3) is 0 Å². The summed E-state index contributed by atoms with van der Waals surface area (Å²) in [6.07, 6.45) is 3.06. The SMILES string of the molecule is NCc1ccccc1CC(=O)C1=CCCO1. The van der Waals surface area contributed by atoms with Crippen molar-refractivity contribution >= 4 is 5.78 Å². The van der Waals surface area contributed by atoms with Crippen molar-refractivity contribution in [3.8, 4) is 0 Å². The maximum atomic E-state index is 11.8. The predicted octanol–water partition coefficient (Wildman–Crippen LogP) is 1.56. The summed E-state index contributed by atoms with van der Waals surface area (Å²) in [5.41, 5.74) is 7.64. The highest BCUT2D eigenvalue weighted by Crippen LogP contribution is 2.15. The maximum Gasteiger partial charge on any atom is 0.201 e. The van der Waals surface area contributed by atoms with Crippen molar-refractivity contribution in [2.24, 2.45) is 5.73 Å². The zero-order chi connectivity index (χ0) is 11.4. The summed E-state index contributed by atoms with van der Waals surface area (Å²) in [5, 5.41) is 0. The van der Waals surface area contributed by atoms with E-state index in [2.05, 4.69) is 0 Å². The van der Waals surface area contributed by atoms with Crippen molar-refractivity contribution in [2.45, 2.75) is 19.4 Å². The van der Waals surface area contributed by atoms with Crippen LogP contribution in [0.5, 0.6) is 0 Å². The molecule has 0 unspecified atom stereocenters.